The Hall–Kier alpha value is -3.82. The zero-order valence-electron chi connectivity index (χ0n) is 21.9. The first kappa shape index (κ1) is 28.2. The summed E-state index contributed by atoms with van der Waals surface area (Å²) in [6.07, 6.45) is -0.111. The number of alkyl halides is 3. The minimum atomic E-state index is -4.71. The number of amides is 1. The van der Waals surface area contributed by atoms with Gasteiger partial charge >= 0.3 is 6.36 Å². The molecular formula is C30H33F3N4O2. The predicted octanol–water partition coefficient (Wildman–Crippen LogP) is 5.87. The van der Waals surface area contributed by atoms with Gasteiger partial charge in [0.15, 0.2) is 0 Å². The van der Waals surface area contributed by atoms with Gasteiger partial charge in [0, 0.05) is 49.7 Å². The lowest BCUT2D eigenvalue weighted by Crippen LogP contribution is -2.45. The lowest BCUT2D eigenvalue weighted by molar-refractivity contribution is -0.274. The number of benzene rings is 3. The zero-order chi connectivity index (χ0) is 27.7. The van der Waals surface area contributed by atoms with Crippen LogP contribution in [0.1, 0.15) is 27.9 Å². The molecule has 206 valence electrons. The van der Waals surface area contributed by atoms with Crippen molar-refractivity contribution in [2.45, 2.75) is 12.8 Å². The Morgan fingerprint density at radius 3 is 2.28 bits per heavy atom. The highest BCUT2D eigenvalue weighted by molar-refractivity contribution is 5.95. The summed E-state index contributed by atoms with van der Waals surface area (Å²) in [6.45, 7) is 5.94. The summed E-state index contributed by atoms with van der Waals surface area (Å²) in [5.41, 5.74) is 3.88. The van der Waals surface area contributed by atoms with E-state index in [-0.39, 0.29) is 11.7 Å². The second kappa shape index (κ2) is 13.3. The van der Waals surface area contributed by atoms with Gasteiger partial charge in [-0.15, -0.1) is 13.2 Å². The van der Waals surface area contributed by atoms with Crippen molar-refractivity contribution in [1.82, 2.24) is 15.1 Å². The fraction of sp³-hybridized carbons (Fsp3) is 0.300. The third kappa shape index (κ3) is 9.46. The normalized spacial score (nSPS) is 14.9. The maximum Gasteiger partial charge on any atom is 0.573 e. The van der Waals surface area contributed by atoms with E-state index in [4.69, 9.17) is 0 Å². The minimum absolute atomic E-state index is 0.0969. The van der Waals surface area contributed by atoms with Crippen molar-refractivity contribution in [3.8, 4) is 5.75 Å². The van der Waals surface area contributed by atoms with Crippen molar-refractivity contribution in [2.75, 3.05) is 51.6 Å². The van der Waals surface area contributed by atoms with Gasteiger partial charge in [-0.1, -0.05) is 42.5 Å². The van der Waals surface area contributed by atoms with Crippen LogP contribution in [0.15, 0.2) is 72.8 Å². The Labute approximate surface area is 227 Å². The van der Waals surface area contributed by atoms with Crippen LogP contribution in [0.5, 0.6) is 5.75 Å². The number of nitrogens with one attached hydrogen (secondary N) is 2. The van der Waals surface area contributed by atoms with Crippen LogP contribution in [0.3, 0.4) is 0 Å². The van der Waals surface area contributed by atoms with E-state index >= 15 is 0 Å². The van der Waals surface area contributed by atoms with Crippen LogP contribution in [-0.4, -0.2) is 68.4 Å². The number of hydrogen-bond acceptors (Lipinski definition) is 5. The van der Waals surface area contributed by atoms with Gasteiger partial charge < -0.3 is 25.2 Å². The Kier molecular flexibility index (Phi) is 9.62. The fourth-order valence-corrected chi connectivity index (χ4v) is 4.28. The average Bonchev–Trinajstić information content (AvgIpc) is 2.91. The lowest BCUT2D eigenvalue weighted by atomic mass is 10.1. The molecule has 3 aromatic carbocycles. The van der Waals surface area contributed by atoms with Crippen molar-refractivity contribution in [1.29, 1.82) is 0 Å². The van der Waals surface area contributed by atoms with E-state index in [1.165, 1.54) is 12.1 Å². The predicted molar refractivity (Wildman–Crippen MR) is 149 cm³/mol. The molecule has 0 saturated carbocycles. The number of carbonyl (C=O) groups excluding carboxylic acids is 1. The maximum absolute atomic E-state index is 12.7. The quantitative estimate of drug-likeness (QED) is 0.250. The molecule has 0 unspecified atom stereocenters. The van der Waals surface area contributed by atoms with Crippen molar-refractivity contribution in [2.24, 2.45) is 0 Å². The molecule has 39 heavy (non-hydrogen) atoms. The molecule has 0 aromatic heterocycles. The average molecular weight is 539 g/mol. The van der Waals surface area contributed by atoms with E-state index in [2.05, 4.69) is 32.2 Å². The van der Waals surface area contributed by atoms with Crippen molar-refractivity contribution in [3.63, 3.8) is 0 Å². The first-order chi connectivity index (χ1) is 18.7. The number of anilines is 2. The summed E-state index contributed by atoms with van der Waals surface area (Å²) in [7, 11) is 2.14. The Morgan fingerprint density at radius 2 is 1.56 bits per heavy atom. The maximum atomic E-state index is 12.7. The molecule has 1 aliphatic heterocycles. The number of rotatable bonds is 10. The highest BCUT2D eigenvalue weighted by Gasteiger charge is 2.30. The van der Waals surface area contributed by atoms with Crippen LogP contribution < -0.4 is 15.4 Å². The number of carbonyl (C=O) groups is 1. The Morgan fingerprint density at radius 1 is 0.897 bits per heavy atom. The first-order valence-electron chi connectivity index (χ1n) is 12.9. The van der Waals surface area contributed by atoms with Gasteiger partial charge in [-0.25, -0.2) is 0 Å². The minimum Gasteiger partial charge on any atom is -0.406 e. The van der Waals surface area contributed by atoms with Gasteiger partial charge in [0.1, 0.15) is 5.75 Å². The van der Waals surface area contributed by atoms with E-state index in [1.54, 1.807) is 18.2 Å². The number of likely N-dealkylation sites (N-methyl/N-ethyl adjacent to an activating group) is 1. The van der Waals surface area contributed by atoms with Crippen molar-refractivity contribution < 1.29 is 22.7 Å². The fourth-order valence-electron chi connectivity index (χ4n) is 4.28. The Bertz CT molecular complexity index is 1250. The number of hydrogen-bond donors (Lipinski definition) is 2. The highest BCUT2D eigenvalue weighted by Crippen LogP contribution is 2.24. The molecule has 0 spiro atoms. The second-order valence-electron chi connectivity index (χ2n) is 9.54. The smallest absolute Gasteiger partial charge is 0.406 e. The summed E-state index contributed by atoms with van der Waals surface area (Å²) in [5.74, 6) is -0.354. The molecule has 0 atom stereocenters. The van der Waals surface area contributed by atoms with E-state index < -0.39 is 6.36 Å². The lowest BCUT2D eigenvalue weighted by Gasteiger charge is -2.32. The number of halogens is 3. The number of ether oxygens (including phenoxy) is 1. The van der Waals surface area contributed by atoms with E-state index in [0.29, 0.717) is 12.1 Å². The standard InChI is InChI=1S/C30H33F3N4O2/c1-36-17-19-37(20-18-36)16-4-15-34-29(38)25-6-3-8-27(22-25)35-26-7-2-5-24(21-26)10-9-23-11-13-28(14-12-23)39-30(31,32)33/h2-3,5-14,21-22,35H,4,15-20H2,1H3,(H,34,38). The molecule has 1 fully saturated rings. The van der Waals surface area contributed by atoms with Crippen molar-refractivity contribution >= 4 is 29.4 Å². The highest BCUT2D eigenvalue weighted by atomic mass is 19.4. The van der Waals surface area contributed by atoms with E-state index in [9.17, 15) is 18.0 Å². The van der Waals surface area contributed by atoms with Crippen LogP contribution in [0.25, 0.3) is 12.2 Å². The molecule has 3 aromatic rings. The van der Waals surface area contributed by atoms with Crippen LogP contribution in [0.4, 0.5) is 24.5 Å². The van der Waals surface area contributed by atoms with Crippen LogP contribution in [0.2, 0.25) is 0 Å². The molecule has 6 nitrogen and oxygen atoms in total. The molecule has 4 rings (SSSR count). The molecular weight excluding hydrogens is 505 g/mol. The van der Waals surface area contributed by atoms with Gasteiger partial charge in [-0.3, -0.25) is 4.79 Å². The van der Waals surface area contributed by atoms with Gasteiger partial charge in [0.05, 0.1) is 0 Å². The van der Waals surface area contributed by atoms with Crippen LogP contribution in [-0.2, 0) is 0 Å². The van der Waals surface area contributed by atoms with Crippen LogP contribution >= 0.6 is 0 Å². The van der Waals surface area contributed by atoms with Gasteiger partial charge in [0.2, 0.25) is 0 Å². The number of piperazine rings is 1. The van der Waals surface area contributed by atoms with Gasteiger partial charge in [-0.05, 0) is 73.6 Å². The molecule has 0 aliphatic carbocycles. The SMILES string of the molecule is CN1CCN(CCCNC(=O)c2cccc(Nc3cccc(C=Cc4ccc(OC(F)(F)F)cc4)c3)c2)CC1. The monoisotopic (exact) mass is 538 g/mol. The molecule has 1 amide bonds. The molecule has 1 heterocycles. The largest absolute Gasteiger partial charge is 0.573 e. The summed E-state index contributed by atoms with van der Waals surface area (Å²) in [6, 6.07) is 20.7. The molecule has 2 N–H and O–H groups in total. The van der Waals surface area contributed by atoms with Gasteiger partial charge in [-0.2, -0.15) is 0 Å². The molecule has 1 saturated heterocycles. The van der Waals surface area contributed by atoms with E-state index in [1.807, 2.05) is 54.6 Å². The number of nitrogens with zero attached hydrogens (tertiary/aromatic N) is 2. The zero-order valence-corrected chi connectivity index (χ0v) is 21.9. The van der Waals surface area contributed by atoms with Gasteiger partial charge in [0.25, 0.3) is 5.91 Å². The summed E-state index contributed by atoms with van der Waals surface area (Å²) < 4.78 is 40.9. The first-order valence-corrected chi connectivity index (χ1v) is 12.9. The third-order valence-corrected chi connectivity index (χ3v) is 6.41. The second-order valence-corrected chi connectivity index (χ2v) is 9.54. The topological polar surface area (TPSA) is 56.8 Å². The third-order valence-electron chi connectivity index (χ3n) is 6.41. The molecule has 9 heteroatoms. The Balaban J connectivity index is 1.28. The molecule has 1 aliphatic rings. The summed E-state index contributed by atoms with van der Waals surface area (Å²) in [4.78, 5) is 17.4. The summed E-state index contributed by atoms with van der Waals surface area (Å²) >= 11 is 0. The summed E-state index contributed by atoms with van der Waals surface area (Å²) in [5, 5.41) is 6.35. The molecule has 0 bridgehead atoms. The van der Waals surface area contributed by atoms with E-state index in [0.717, 1.165) is 61.6 Å². The molecule has 0 radical (unpaired) electrons. The van der Waals surface area contributed by atoms with Crippen molar-refractivity contribution in [3.05, 3.63) is 89.5 Å². The van der Waals surface area contributed by atoms with Crippen LogP contribution in [0, 0.1) is 0 Å².